The molecule has 8 nitrogen and oxygen atoms in total. The Hall–Kier alpha value is -3.68. The molecule has 0 aliphatic rings. The standard InChI is InChI=1S/C20H22N4O4/c1-25-15-7-5-6-13(10-15)23-20-21-9-8-18(24-20)22-14-11-16(26-2)19(28-4)17(12-14)27-3/h5-12H,1-4H3,(H2,21,22,23,24). The smallest absolute Gasteiger partial charge is 0.229 e. The number of methoxy groups -OCH3 is 4. The lowest BCUT2D eigenvalue weighted by Gasteiger charge is -2.15. The third-order valence-electron chi connectivity index (χ3n) is 3.92. The highest BCUT2D eigenvalue weighted by molar-refractivity contribution is 5.67. The average molecular weight is 382 g/mol. The van der Waals surface area contributed by atoms with Crippen LogP contribution in [-0.2, 0) is 0 Å². The van der Waals surface area contributed by atoms with Crippen LogP contribution in [-0.4, -0.2) is 38.4 Å². The van der Waals surface area contributed by atoms with Crippen LogP contribution >= 0.6 is 0 Å². The zero-order chi connectivity index (χ0) is 19.9. The molecule has 1 aromatic heterocycles. The monoisotopic (exact) mass is 382 g/mol. The first-order valence-corrected chi connectivity index (χ1v) is 8.48. The summed E-state index contributed by atoms with van der Waals surface area (Å²) in [6, 6.07) is 12.9. The second kappa shape index (κ2) is 8.81. The van der Waals surface area contributed by atoms with Crippen LogP contribution in [0.25, 0.3) is 0 Å². The van der Waals surface area contributed by atoms with E-state index in [0.29, 0.717) is 29.0 Å². The summed E-state index contributed by atoms with van der Waals surface area (Å²) in [5, 5.41) is 6.38. The van der Waals surface area contributed by atoms with E-state index in [1.807, 2.05) is 24.3 Å². The van der Waals surface area contributed by atoms with Gasteiger partial charge in [-0.3, -0.25) is 0 Å². The number of benzene rings is 2. The number of hydrogen-bond donors (Lipinski definition) is 2. The maximum atomic E-state index is 5.38. The lowest BCUT2D eigenvalue weighted by Crippen LogP contribution is -2.01. The summed E-state index contributed by atoms with van der Waals surface area (Å²) < 4.78 is 21.3. The molecule has 0 fully saturated rings. The highest BCUT2D eigenvalue weighted by Gasteiger charge is 2.13. The van der Waals surface area contributed by atoms with Crippen molar-refractivity contribution in [3.8, 4) is 23.0 Å². The van der Waals surface area contributed by atoms with Crippen LogP contribution in [0.4, 0.5) is 23.1 Å². The van der Waals surface area contributed by atoms with E-state index < -0.39 is 0 Å². The molecule has 0 spiro atoms. The molecule has 0 aliphatic heterocycles. The van der Waals surface area contributed by atoms with Gasteiger partial charge in [0.2, 0.25) is 11.7 Å². The first kappa shape index (κ1) is 19.1. The van der Waals surface area contributed by atoms with Gasteiger partial charge in [0.25, 0.3) is 0 Å². The molecule has 0 saturated carbocycles. The van der Waals surface area contributed by atoms with Gasteiger partial charge in [-0.15, -0.1) is 0 Å². The minimum absolute atomic E-state index is 0.450. The van der Waals surface area contributed by atoms with Crippen molar-refractivity contribution >= 4 is 23.1 Å². The van der Waals surface area contributed by atoms with Crippen LogP contribution < -0.4 is 29.6 Å². The summed E-state index contributed by atoms with van der Waals surface area (Å²) in [5.74, 6) is 3.43. The summed E-state index contributed by atoms with van der Waals surface area (Å²) in [7, 11) is 6.33. The zero-order valence-corrected chi connectivity index (χ0v) is 16.1. The van der Waals surface area contributed by atoms with Crippen molar-refractivity contribution in [3.05, 3.63) is 48.7 Å². The predicted molar refractivity (Wildman–Crippen MR) is 108 cm³/mol. The van der Waals surface area contributed by atoms with Gasteiger partial charge >= 0.3 is 0 Å². The summed E-state index contributed by atoms with van der Waals surface area (Å²) in [4.78, 5) is 8.74. The highest BCUT2D eigenvalue weighted by atomic mass is 16.5. The topological polar surface area (TPSA) is 86.8 Å². The van der Waals surface area contributed by atoms with Crippen LogP contribution in [0.3, 0.4) is 0 Å². The van der Waals surface area contributed by atoms with Crippen molar-refractivity contribution < 1.29 is 18.9 Å². The van der Waals surface area contributed by atoms with Gasteiger partial charge in [0.15, 0.2) is 11.5 Å². The van der Waals surface area contributed by atoms with E-state index in [4.69, 9.17) is 18.9 Å². The molecular formula is C20H22N4O4. The molecule has 146 valence electrons. The minimum atomic E-state index is 0.450. The number of nitrogens with zero attached hydrogens (tertiary/aromatic N) is 2. The fourth-order valence-electron chi connectivity index (χ4n) is 2.62. The van der Waals surface area contributed by atoms with Crippen molar-refractivity contribution in [3.63, 3.8) is 0 Å². The van der Waals surface area contributed by atoms with Crippen molar-refractivity contribution in [2.75, 3.05) is 39.1 Å². The van der Waals surface area contributed by atoms with E-state index >= 15 is 0 Å². The molecule has 0 saturated heterocycles. The molecule has 0 radical (unpaired) electrons. The van der Waals surface area contributed by atoms with Crippen LogP contribution in [0.5, 0.6) is 23.0 Å². The SMILES string of the molecule is COc1cccc(Nc2nccc(Nc3cc(OC)c(OC)c(OC)c3)n2)c1. The molecular weight excluding hydrogens is 360 g/mol. The molecule has 3 rings (SSSR count). The predicted octanol–water partition coefficient (Wildman–Crippen LogP) is 4.00. The summed E-state index contributed by atoms with van der Waals surface area (Å²) in [5.41, 5.74) is 1.56. The number of nitrogens with one attached hydrogen (secondary N) is 2. The number of ether oxygens (including phenoxy) is 4. The average Bonchev–Trinajstić information content (AvgIpc) is 2.73. The number of aromatic nitrogens is 2. The van der Waals surface area contributed by atoms with E-state index in [2.05, 4.69) is 20.6 Å². The molecule has 1 heterocycles. The van der Waals surface area contributed by atoms with Gasteiger partial charge in [-0.1, -0.05) is 6.07 Å². The summed E-state index contributed by atoms with van der Waals surface area (Å²) >= 11 is 0. The molecule has 0 bridgehead atoms. The van der Waals surface area contributed by atoms with Crippen LogP contribution in [0.2, 0.25) is 0 Å². The Morgan fingerprint density at radius 2 is 1.50 bits per heavy atom. The van der Waals surface area contributed by atoms with E-state index in [0.717, 1.165) is 17.1 Å². The second-order valence-corrected chi connectivity index (χ2v) is 5.66. The van der Waals surface area contributed by atoms with Gasteiger partial charge < -0.3 is 29.6 Å². The molecule has 8 heteroatoms. The van der Waals surface area contributed by atoms with Gasteiger partial charge in [0.1, 0.15) is 11.6 Å². The van der Waals surface area contributed by atoms with Crippen LogP contribution in [0, 0.1) is 0 Å². The molecule has 2 N–H and O–H groups in total. The quantitative estimate of drug-likeness (QED) is 0.605. The fourth-order valence-corrected chi connectivity index (χ4v) is 2.62. The van der Waals surface area contributed by atoms with E-state index in [1.165, 1.54) is 0 Å². The van der Waals surface area contributed by atoms with E-state index in [9.17, 15) is 0 Å². The van der Waals surface area contributed by atoms with Gasteiger partial charge in [-0.05, 0) is 18.2 Å². The Balaban J connectivity index is 1.83. The zero-order valence-electron chi connectivity index (χ0n) is 16.1. The molecule has 0 unspecified atom stereocenters. The van der Waals surface area contributed by atoms with E-state index in [-0.39, 0.29) is 0 Å². The fraction of sp³-hybridized carbons (Fsp3) is 0.200. The number of anilines is 4. The van der Waals surface area contributed by atoms with Crippen molar-refractivity contribution in [2.45, 2.75) is 0 Å². The van der Waals surface area contributed by atoms with Crippen LogP contribution in [0.1, 0.15) is 0 Å². The Morgan fingerprint density at radius 3 is 2.14 bits per heavy atom. The van der Waals surface area contributed by atoms with Gasteiger partial charge in [0, 0.05) is 35.8 Å². The number of hydrogen-bond acceptors (Lipinski definition) is 8. The van der Waals surface area contributed by atoms with Crippen LogP contribution in [0.15, 0.2) is 48.7 Å². The molecule has 3 aromatic rings. The highest BCUT2D eigenvalue weighted by Crippen LogP contribution is 2.40. The summed E-state index contributed by atoms with van der Waals surface area (Å²) in [6.07, 6.45) is 1.66. The second-order valence-electron chi connectivity index (χ2n) is 5.66. The third-order valence-corrected chi connectivity index (χ3v) is 3.92. The Labute approximate surface area is 163 Å². The largest absolute Gasteiger partial charge is 0.497 e. The number of rotatable bonds is 8. The van der Waals surface area contributed by atoms with Crippen molar-refractivity contribution in [1.82, 2.24) is 9.97 Å². The summed E-state index contributed by atoms with van der Waals surface area (Å²) in [6.45, 7) is 0. The molecule has 0 aliphatic carbocycles. The minimum Gasteiger partial charge on any atom is -0.497 e. The molecule has 2 aromatic carbocycles. The van der Waals surface area contributed by atoms with E-state index in [1.54, 1.807) is 52.8 Å². The lowest BCUT2D eigenvalue weighted by atomic mass is 10.2. The first-order valence-electron chi connectivity index (χ1n) is 8.48. The first-order chi connectivity index (χ1) is 13.7. The normalized spacial score (nSPS) is 10.1. The Kier molecular flexibility index (Phi) is 6.01. The van der Waals surface area contributed by atoms with Gasteiger partial charge in [-0.2, -0.15) is 4.98 Å². The maximum Gasteiger partial charge on any atom is 0.229 e. The molecule has 28 heavy (non-hydrogen) atoms. The molecule has 0 atom stereocenters. The van der Waals surface area contributed by atoms with Crippen molar-refractivity contribution in [2.24, 2.45) is 0 Å². The Bertz CT molecular complexity index is 924. The van der Waals surface area contributed by atoms with Crippen molar-refractivity contribution in [1.29, 1.82) is 0 Å². The maximum absolute atomic E-state index is 5.38. The van der Waals surface area contributed by atoms with Gasteiger partial charge in [-0.25, -0.2) is 4.98 Å². The Morgan fingerprint density at radius 1 is 0.750 bits per heavy atom. The third kappa shape index (κ3) is 4.35. The lowest BCUT2D eigenvalue weighted by molar-refractivity contribution is 0.324. The molecule has 0 amide bonds. The van der Waals surface area contributed by atoms with Gasteiger partial charge in [0.05, 0.1) is 28.4 Å².